The highest BCUT2D eigenvalue weighted by atomic mass is 16.5. The van der Waals surface area contributed by atoms with Gasteiger partial charge in [0.05, 0.1) is 17.8 Å². The number of carbonyl (C=O) groups is 3. The second kappa shape index (κ2) is 8.35. The van der Waals surface area contributed by atoms with Gasteiger partial charge in [0.2, 0.25) is 0 Å². The molecule has 1 aromatic rings. The maximum atomic E-state index is 13.7. The minimum atomic E-state index is -0.681. The van der Waals surface area contributed by atoms with Crippen molar-refractivity contribution in [3.63, 3.8) is 0 Å². The third kappa shape index (κ3) is 3.72. The van der Waals surface area contributed by atoms with E-state index in [0.29, 0.717) is 43.7 Å². The van der Waals surface area contributed by atoms with Gasteiger partial charge >= 0.3 is 12.1 Å². The van der Waals surface area contributed by atoms with Gasteiger partial charge in [0, 0.05) is 12.7 Å². The van der Waals surface area contributed by atoms with E-state index in [-0.39, 0.29) is 17.5 Å². The number of pyridine rings is 1. The smallest absolute Gasteiger partial charge is 0.336 e. The largest absolute Gasteiger partial charge is 0.338 e. The molecule has 9 nitrogen and oxygen atoms in total. The van der Waals surface area contributed by atoms with Crippen LogP contribution in [0.25, 0.3) is 0 Å². The molecule has 9 heteroatoms. The molecule has 0 radical (unpaired) electrons. The molecule has 1 atom stereocenters. The lowest BCUT2D eigenvalue weighted by Gasteiger charge is -2.58. The molecule has 1 aliphatic heterocycles. The number of carbonyl (C=O) groups excluding carboxylic acids is 3. The van der Waals surface area contributed by atoms with Crippen LogP contribution in [0.15, 0.2) is 24.4 Å². The monoisotopic (exact) mass is 441 g/mol. The summed E-state index contributed by atoms with van der Waals surface area (Å²) in [5.41, 5.74) is 1.96. The van der Waals surface area contributed by atoms with Crippen LogP contribution in [0.1, 0.15) is 57.1 Å². The lowest BCUT2D eigenvalue weighted by Crippen LogP contribution is -2.62. The Morgan fingerprint density at radius 3 is 2.41 bits per heavy atom. The average molecular weight is 442 g/mol. The summed E-state index contributed by atoms with van der Waals surface area (Å²) in [6.45, 7) is 0.600. The number of hydrogen-bond acceptors (Lipinski definition) is 5. The Kier molecular flexibility index (Phi) is 5.53. The summed E-state index contributed by atoms with van der Waals surface area (Å²) >= 11 is 0. The van der Waals surface area contributed by atoms with E-state index in [9.17, 15) is 14.4 Å². The quantitative estimate of drug-likeness (QED) is 0.260. The highest BCUT2D eigenvalue weighted by Crippen LogP contribution is 2.58. The van der Waals surface area contributed by atoms with E-state index < -0.39 is 12.1 Å². The van der Waals surface area contributed by atoms with E-state index in [1.54, 1.807) is 16.0 Å². The molecule has 5 aliphatic rings. The Bertz CT molecular complexity index is 856. The SMILES string of the molecule is O=C(NO)NCCCC1C(=O)N(C23CC4CC(CC(C4)C2)C3)C(=O)N1Cc1ccccn1. The Morgan fingerprint density at radius 2 is 1.81 bits per heavy atom. The number of nitrogens with one attached hydrogen (secondary N) is 2. The van der Waals surface area contributed by atoms with E-state index in [2.05, 4.69) is 10.3 Å². The molecule has 4 saturated carbocycles. The van der Waals surface area contributed by atoms with Crippen LogP contribution in [0, 0.1) is 17.8 Å². The van der Waals surface area contributed by atoms with Crippen LogP contribution in [0.3, 0.4) is 0 Å². The maximum absolute atomic E-state index is 13.7. The summed E-state index contributed by atoms with van der Waals surface area (Å²) in [7, 11) is 0. The number of amides is 5. The van der Waals surface area contributed by atoms with Crippen molar-refractivity contribution in [2.24, 2.45) is 17.8 Å². The minimum absolute atomic E-state index is 0.0977. The lowest BCUT2D eigenvalue weighted by atomic mass is 9.52. The normalized spacial score (nSPS) is 33.2. The Hall–Kier alpha value is -2.68. The number of rotatable bonds is 7. The molecule has 1 aromatic heterocycles. The highest BCUT2D eigenvalue weighted by molar-refractivity contribution is 6.05. The standard InChI is InChI=1S/C23H31N5O4/c29-20-19(5-3-7-25-21(30)26-32)27(14-18-4-1-2-6-24-18)22(31)28(20)23-11-15-8-16(12-23)10-17(9-15)13-23/h1-2,4,6,15-17,19,32H,3,5,7-14H2,(H2,25,26,30). The molecule has 0 aromatic carbocycles. The third-order valence-electron chi connectivity index (χ3n) is 7.90. The molecule has 2 heterocycles. The highest BCUT2D eigenvalue weighted by Gasteiger charge is 2.60. The van der Waals surface area contributed by atoms with E-state index in [1.165, 1.54) is 24.7 Å². The molecule has 5 fully saturated rings. The number of hydrogen-bond donors (Lipinski definition) is 3. The molecule has 5 amide bonds. The van der Waals surface area contributed by atoms with Gasteiger partial charge in [-0.2, -0.15) is 0 Å². The van der Waals surface area contributed by atoms with Crippen molar-refractivity contribution >= 4 is 18.0 Å². The van der Waals surface area contributed by atoms with Gasteiger partial charge < -0.3 is 10.2 Å². The van der Waals surface area contributed by atoms with Crippen molar-refractivity contribution in [1.29, 1.82) is 0 Å². The number of imide groups is 1. The fraction of sp³-hybridized carbons (Fsp3) is 0.652. The third-order valence-corrected chi connectivity index (χ3v) is 7.90. The van der Waals surface area contributed by atoms with E-state index >= 15 is 0 Å². The van der Waals surface area contributed by atoms with Gasteiger partial charge in [-0.1, -0.05) is 6.07 Å². The molecule has 1 saturated heterocycles. The van der Waals surface area contributed by atoms with Crippen molar-refractivity contribution in [2.75, 3.05) is 6.54 Å². The molecule has 4 aliphatic carbocycles. The molecule has 32 heavy (non-hydrogen) atoms. The first-order valence-electron chi connectivity index (χ1n) is 11.7. The van der Waals surface area contributed by atoms with Gasteiger partial charge in [-0.05, 0) is 81.3 Å². The predicted octanol–water partition coefficient (Wildman–Crippen LogP) is 2.65. The van der Waals surface area contributed by atoms with Crippen LogP contribution in [0.5, 0.6) is 0 Å². The summed E-state index contributed by atoms with van der Waals surface area (Å²) < 4.78 is 0. The zero-order chi connectivity index (χ0) is 22.3. The summed E-state index contributed by atoms with van der Waals surface area (Å²) in [5, 5.41) is 11.2. The van der Waals surface area contributed by atoms with Crippen LogP contribution in [-0.2, 0) is 11.3 Å². The molecule has 6 rings (SSSR count). The van der Waals surface area contributed by atoms with Gasteiger partial charge in [0.25, 0.3) is 5.91 Å². The summed E-state index contributed by atoms with van der Waals surface area (Å²) in [4.78, 5) is 46.3. The van der Waals surface area contributed by atoms with E-state index in [1.807, 2.05) is 18.2 Å². The van der Waals surface area contributed by atoms with Crippen LogP contribution in [-0.4, -0.2) is 56.1 Å². The van der Waals surface area contributed by atoms with Gasteiger partial charge in [0.15, 0.2) is 0 Å². The van der Waals surface area contributed by atoms with Crippen molar-refractivity contribution in [3.05, 3.63) is 30.1 Å². The first-order chi connectivity index (χ1) is 15.5. The molecule has 4 bridgehead atoms. The summed E-state index contributed by atoms with van der Waals surface area (Å²) in [6, 6.07) is 4.16. The van der Waals surface area contributed by atoms with E-state index in [4.69, 9.17) is 5.21 Å². The first kappa shape index (κ1) is 21.2. The van der Waals surface area contributed by atoms with Crippen LogP contribution in [0.4, 0.5) is 9.59 Å². The summed E-state index contributed by atoms with van der Waals surface area (Å²) in [5.74, 6) is 1.79. The fourth-order valence-corrected chi connectivity index (χ4v) is 7.07. The van der Waals surface area contributed by atoms with Crippen molar-refractivity contribution in [3.8, 4) is 0 Å². The van der Waals surface area contributed by atoms with Gasteiger partial charge in [-0.25, -0.2) is 15.1 Å². The van der Waals surface area contributed by atoms with Crippen molar-refractivity contribution < 1.29 is 19.6 Å². The average Bonchev–Trinajstić information content (AvgIpc) is 3.00. The number of nitrogens with zero attached hydrogens (tertiary/aromatic N) is 3. The molecule has 1 unspecified atom stereocenters. The topological polar surface area (TPSA) is 115 Å². The number of aromatic nitrogens is 1. The predicted molar refractivity (Wildman–Crippen MR) is 114 cm³/mol. The lowest BCUT2D eigenvalue weighted by molar-refractivity contribution is -0.141. The fourth-order valence-electron chi connectivity index (χ4n) is 7.07. The Morgan fingerprint density at radius 1 is 1.12 bits per heavy atom. The maximum Gasteiger partial charge on any atom is 0.338 e. The second-order valence-corrected chi connectivity index (χ2v) is 10.1. The second-order valence-electron chi connectivity index (χ2n) is 10.1. The van der Waals surface area contributed by atoms with Crippen LogP contribution < -0.4 is 10.8 Å². The van der Waals surface area contributed by atoms with Crippen molar-refractivity contribution in [1.82, 2.24) is 25.6 Å². The van der Waals surface area contributed by atoms with Gasteiger partial charge in [-0.15, -0.1) is 0 Å². The first-order valence-corrected chi connectivity index (χ1v) is 11.7. The van der Waals surface area contributed by atoms with Crippen LogP contribution >= 0.6 is 0 Å². The zero-order valence-corrected chi connectivity index (χ0v) is 18.2. The molecular formula is C23H31N5O4. The minimum Gasteiger partial charge on any atom is -0.336 e. The molecule has 3 N–H and O–H groups in total. The van der Waals surface area contributed by atoms with Crippen molar-refractivity contribution in [2.45, 2.75) is 69.5 Å². The number of urea groups is 2. The summed E-state index contributed by atoms with van der Waals surface area (Å²) in [6.07, 6.45) is 9.23. The molecule has 0 spiro atoms. The van der Waals surface area contributed by atoms with Gasteiger partial charge in [0.1, 0.15) is 6.04 Å². The zero-order valence-electron chi connectivity index (χ0n) is 18.2. The van der Waals surface area contributed by atoms with Gasteiger partial charge in [-0.3, -0.25) is 19.9 Å². The van der Waals surface area contributed by atoms with E-state index in [0.717, 1.165) is 25.0 Å². The van der Waals surface area contributed by atoms with Crippen LogP contribution in [0.2, 0.25) is 0 Å². The Balaban J connectivity index is 1.37. The number of hydroxylamine groups is 1. The molecular weight excluding hydrogens is 410 g/mol. The Labute approximate surface area is 187 Å². The molecule has 172 valence electrons.